The molecule has 1 aromatic rings. The van der Waals surface area contributed by atoms with Crippen LogP contribution in [0.2, 0.25) is 0 Å². The lowest BCUT2D eigenvalue weighted by atomic mass is 10.2. The number of hydrogen-bond donors (Lipinski definition) is 1. The van der Waals surface area contributed by atoms with E-state index in [0.29, 0.717) is 18.4 Å². The van der Waals surface area contributed by atoms with Gasteiger partial charge in [-0.2, -0.15) is 4.98 Å². The van der Waals surface area contributed by atoms with E-state index in [4.69, 9.17) is 16.3 Å². The molecule has 1 heterocycles. The smallest absolute Gasteiger partial charge is 0.225 e. The van der Waals surface area contributed by atoms with Crippen molar-refractivity contribution in [3.05, 3.63) is 12.3 Å². The summed E-state index contributed by atoms with van der Waals surface area (Å²) < 4.78 is 5.45. The summed E-state index contributed by atoms with van der Waals surface area (Å²) in [6.07, 6.45) is 7.28. The minimum atomic E-state index is 0.636. The van der Waals surface area contributed by atoms with E-state index < -0.39 is 0 Å². The number of nitrogens with one attached hydrogen (secondary N) is 1. The number of aromatic nitrogens is 2. The molecule has 0 aromatic carbocycles. The third kappa shape index (κ3) is 6.64. The highest BCUT2D eigenvalue weighted by molar-refractivity contribution is 6.17. The van der Waals surface area contributed by atoms with E-state index >= 15 is 0 Å². The molecule has 102 valence electrons. The quantitative estimate of drug-likeness (QED) is 0.523. The summed E-state index contributed by atoms with van der Waals surface area (Å²) in [6.45, 7) is 3.65. The molecule has 0 saturated heterocycles. The van der Waals surface area contributed by atoms with Crippen LogP contribution in [0.3, 0.4) is 0 Å². The Labute approximate surface area is 114 Å². The van der Waals surface area contributed by atoms with Gasteiger partial charge in [0.2, 0.25) is 11.8 Å². The molecule has 0 aliphatic heterocycles. The van der Waals surface area contributed by atoms with E-state index in [2.05, 4.69) is 22.2 Å². The van der Waals surface area contributed by atoms with Crippen LogP contribution in [0.25, 0.3) is 0 Å². The summed E-state index contributed by atoms with van der Waals surface area (Å²) in [5.41, 5.74) is 0. The number of hydrogen-bond acceptors (Lipinski definition) is 4. The Morgan fingerprint density at radius 2 is 2.11 bits per heavy atom. The minimum Gasteiger partial charge on any atom is -0.478 e. The van der Waals surface area contributed by atoms with Gasteiger partial charge in [-0.1, -0.05) is 19.8 Å². The molecular formula is C13H22ClN3O. The Kier molecular flexibility index (Phi) is 8.30. The molecule has 4 nitrogen and oxygen atoms in total. The molecule has 1 N–H and O–H groups in total. The average molecular weight is 272 g/mol. The first kappa shape index (κ1) is 15.0. The van der Waals surface area contributed by atoms with Gasteiger partial charge in [-0.15, -0.1) is 11.6 Å². The van der Waals surface area contributed by atoms with Crippen LogP contribution in [0.4, 0.5) is 5.95 Å². The van der Waals surface area contributed by atoms with Crippen LogP contribution in [-0.4, -0.2) is 29.0 Å². The maximum atomic E-state index is 5.62. The van der Waals surface area contributed by atoms with Gasteiger partial charge in [0.05, 0.1) is 6.61 Å². The predicted octanol–water partition coefficient (Wildman–Crippen LogP) is 3.48. The maximum Gasteiger partial charge on any atom is 0.225 e. The maximum absolute atomic E-state index is 5.62. The predicted molar refractivity (Wildman–Crippen MR) is 75.5 cm³/mol. The van der Waals surface area contributed by atoms with E-state index in [1.165, 1.54) is 12.8 Å². The van der Waals surface area contributed by atoms with Crippen molar-refractivity contribution in [2.75, 3.05) is 24.3 Å². The van der Waals surface area contributed by atoms with E-state index in [-0.39, 0.29) is 0 Å². The van der Waals surface area contributed by atoms with Gasteiger partial charge >= 0.3 is 0 Å². The summed E-state index contributed by atoms with van der Waals surface area (Å²) in [7, 11) is 0. The third-order valence-electron chi connectivity index (χ3n) is 2.43. The van der Waals surface area contributed by atoms with Gasteiger partial charge in [-0.3, -0.25) is 0 Å². The Hall–Kier alpha value is -1.03. The van der Waals surface area contributed by atoms with Crippen molar-refractivity contribution in [2.45, 2.75) is 39.0 Å². The summed E-state index contributed by atoms with van der Waals surface area (Å²) in [5.74, 6) is 2.03. The van der Waals surface area contributed by atoms with Gasteiger partial charge in [0.25, 0.3) is 0 Å². The molecule has 0 bridgehead atoms. The molecule has 0 unspecified atom stereocenters. The molecule has 0 fully saturated rings. The lowest BCUT2D eigenvalue weighted by Gasteiger charge is -2.07. The Morgan fingerprint density at radius 1 is 1.28 bits per heavy atom. The molecule has 18 heavy (non-hydrogen) atoms. The molecule has 1 rings (SSSR count). The standard InChI is InChI=1S/C13H22ClN3O/c1-2-11-18-12-7-10-16-13(17-12)15-9-6-4-3-5-8-14/h7,10H,2-6,8-9,11H2,1H3,(H,15,16,17). The largest absolute Gasteiger partial charge is 0.478 e. The zero-order valence-electron chi connectivity index (χ0n) is 11.0. The molecule has 0 aliphatic carbocycles. The van der Waals surface area contributed by atoms with Crippen molar-refractivity contribution in [1.82, 2.24) is 9.97 Å². The molecule has 5 heteroatoms. The van der Waals surface area contributed by atoms with Crippen molar-refractivity contribution in [1.29, 1.82) is 0 Å². The summed E-state index contributed by atoms with van der Waals surface area (Å²) in [6, 6.07) is 1.78. The Bertz CT molecular complexity index is 323. The summed E-state index contributed by atoms with van der Waals surface area (Å²) >= 11 is 5.62. The molecule has 0 aliphatic rings. The molecular weight excluding hydrogens is 250 g/mol. The highest BCUT2D eigenvalue weighted by atomic mass is 35.5. The molecule has 1 aromatic heterocycles. The van der Waals surface area contributed by atoms with Crippen molar-refractivity contribution in [3.63, 3.8) is 0 Å². The Balaban J connectivity index is 2.20. The van der Waals surface area contributed by atoms with E-state index in [0.717, 1.165) is 31.7 Å². The minimum absolute atomic E-state index is 0.636. The van der Waals surface area contributed by atoms with Crippen molar-refractivity contribution in [2.24, 2.45) is 0 Å². The SMILES string of the molecule is CCCOc1ccnc(NCCCCCCCl)n1. The molecule has 0 radical (unpaired) electrons. The van der Waals surface area contributed by atoms with Crippen molar-refractivity contribution in [3.8, 4) is 5.88 Å². The first-order chi connectivity index (χ1) is 8.86. The zero-order valence-corrected chi connectivity index (χ0v) is 11.7. The Morgan fingerprint density at radius 3 is 2.89 bits per heavy atom. The fraction of sp³-hybridized carbons (Fsp3) is 0.692. The van der Waals surface area contributed by atoms with Crippen LogP contribution in [0.5, 0.6) is 5.88 Å². The van der Waals surface area contributed by atoms with Gasteiger partial charge in [0, 0.05) is 24.7 Å². The molecule has 0 amide bonds. The van der Waals surface area contributed by atoms with Gasteiger partial charge in [-0.25, -0.2) is 4.98 Å². The number of ether oxygens (including phenoxy) is 1. The van der Waals surface area contributed by atoms with Crippen LogP contribution >= 0.6 is 11.6 Å². The number of anilines is 1. The van der Waals surface area contributed by atoms with Gasteiger partial charge < -0.3 is 10.1 Å². The van der Waals surface area contributed by atoms with Gasteiger partial charge in [0.15, 0.2) is 0 Å². The fourth-order valence-corrected chi connectivity index (χ4v) is 1.68. The number of halogens is 1. The second kappa shape index (κ2) is 9.95. The molecule has 0 atom stereocenters. The topological polar surface area (TPSA) is 47.0 Å². The number of unbranched alkanes of at least 4 members (excludes halogenated alkanes) is 3. The monoisotopic (exact) mass is 271 g/mol. The van der Waals surface area contributed by atoms with E-state index in [1.54, 1.807) is 12.3 Å². The van der Waals surface area contributed by atoms with Crippen molar-refractivity contribution < 1.29 is 4.74 Å². The van der Waals surface area contributed by atoms with Gasteiger partial charge in [-0.05, 0) is 19.3 Å². The first-order valence-electron chi connectivity index (χ1n) is 6.62. The van der Waals surface area contributed by atoms with Crippen LogP contribution < -0.4 is 10.1 Å². The second-order valence-corrected chi connectivity index (χ2v) is 4.47. The van der Waals surface area contributed by atoms with Gasteiger partial charge in [0.1, 0.15) is 0 Å². The zero-order chi connectivity index (χ0) is 13.1. The lowest BCUT2D eigenvalue weighted by Crippen LogP contribution is -2.06. The summed E-state index contributed by atoms with van der Waals surface area (Å²) in [5, 5.41) is 3.20. The molecule has 0 saturated carbocycles. The fourth-order valence-electron chi connectivity index (χ4n) is 1.49. The highest BCUT2D eigenvalue weighted by Crippen LogP contribution is 2.09. The lowest BCUT2D eigenvalue weighted by molar-refractivity contribution is 0.305. The molecule has 0 spiro atoms. The van der Waals surface area contributed by atoms with E-state index in [9.17, 15) is 0 Å². The number of nitrogens with zero attached hydrogens (tertiary/aromatic N) is 2. The number of rotatable bonds is 10. The van der Waals surface area contributed by atoms with Crippen LogP contribution in [0.15, 0.2) is 12.3 Å². The average Bonchev–Trinajstić information content (AvgIpc) is 2.41. The first-order valence-corrected chi connectivity index (χ1v) is 7.16. The summed E-state index contributed by atoms with van der Waals surface area (Å²) in [4.78, 5) is 8.44. The van der Waals surface area contributed by atoms with Crippen molar-refractivity contribution >= 4 is 17.5 Å². The highest BCUT2D eigenvalue weighted by Gasteiger charge is 1.99. The van der Waals surface area contributed by atoms with Crippen LogP contribution in [0.1, 0.15) is 39.0 Å². The van der Waals surface area contributed by atoms with E-state index in [1.807, 2.05) is 0 Å². The van der Waals surface area contributed by atoms with Crippen LogP contribution in [0, 0.1) is 0 Å². The number of alkyl halides is 1. The normalized spacial score (nSPS) is 10.3. The second-order valence-electron chi connectivity index (χ2n) is 4.10. The third-order valence-corrected chi connectivity index (χ3v) is 2.69. The van der Waals surface area contributed by atoms with Crippen LogP contribution in [-0.2, 0) is 0 Å².